The summed E-state index contributed by atoms with van der Waals surface area (Å²) >= 11 is 0. The van der Waals surface area contributed by atoms with Crippen molar-refractivity contribution in [3.05, 3.63) is 41.7 Å². The minimum absolute atomic E-state index is 0.0998. The maximum absolute atomic E-state index is 13.2. The Morgan fingerprint density at radius 1 is 1.04 bits per heavy atom. The molecule has 1 fully saturated rings. The molecule has 0 saturated carbocycles. The van der Waals surface area contributed by atoms with E-state index < -0.39 is 11.9 Å². The minimum Gasteiger partial charge on any atom is -0.338 e. The van der Waals surface area contributed by atoms with Crippen LogP contribution in [0.15, 0.2) is 24.8 Å². The van der Waals surface area contributed by atoms with Crippen LogP contribution in [-0.4, -0.2) is 51.0 Å². The van der Waals surface area contributed by atoms with E-state index in [9.17, 15) is 13.2 Å². The van der Waals surface area contributed by atoms with E-state index in [1.165, 1.54) is 6.33 Å². The standard InChI is InChI=1S/C17H21F3N6/c1-12(2)14-7-15(17(18,19)20)24-16(23-14)26-5-3-25(4-6-26)10-13-8-21-11-22-9-13/h7-9,11-12H,3-6,10H2,1-2H3. The zero-order valence-electron chi connectivity index (χ0n) is 14.7. The second-order valence-electron chi connectivity index (χ2n) is 6.64. The lowest BCUT2D eigenvalue weighted by Gasteiger charge is -2.35. The van der Waals surface area contributed by atoms with Gasteiger partial charge in [-0.05, 0) is 12.0 Å². The molecule has 2 aromatic rings. The fourth-order valence-corrected chi connectivity index (χ4v) is 2.81. The molecule has 0 spiro atoms. The third-order valence-corrected chi connectivity index (χ3v) is 4.29. The number of piperazine rings is 1. The van der Waals surface area contributed by atoms with Crippen molar-refractivity contribution >= 4 is 5.95 Å². The van der Waals surface area contributed by atoms with Gasteiger partial charge in [-0.15, -0.1) is 0 Å². The Bertz CT molecular complexity index is 727. The molecule has 1 saturated heterocycles. The topological polar surface area (TPSA) is 58.0 Å². The molecule has 0 aliphatic carbocycles. The van der Waals surface area contributed by atoms with Crippen LogP contribution in [0.2, 0.25) is 0 Å². The molecule has 140 valence electrons. The Balaban J connectivity index is 1.71. The van der Waals surface area contributed by atoms with E-state index in [4.69, 9.17) is 0 Å². The lowest BCUT2D eigenvalue weighted by molar-refractivity contribution is -0.141. The van der Waals surface area contributed by atoms with Gasteiger partial charge in [-0.2, -0.15) is 13.2 Å². The summed E-state index contributed by atoms with van der Waals surface area (Å²) in [6, 6.07) is 1.04. The van der Waals surface area contributed by atoms with Crippen LogP contribution >= 0.6 is 0 Å². The molecule has 1 aliphatic rings. The Morgan fingerprint density at radius 2 is 1.69 bits per heavy atom. The SMILES string of the molecule is CC(C)c1cc(C(F)(F)F)nc(N2CCN(Cc3cncnc3)CC2)n1. The highest BCUT2D eigenvalue weighted by molar-refractivity contribution is 5.35. The lowest BCUT2D eigenvalue weighted by atomic mass is 10.1. The smallest absolute Gasteiger partial charge is 0.338 e. The number of nitrogens with zero attached hydrogens (tertiary/aromatic N) is 6. The molecule has 3 heterocycles. The van der Waals surface area contributed by atoms with Crippen molar-refractivity contribution in [3.63, 3.8) is 0 Å². The van der Waals surface area contributed by atoms with Crippen LogP contribution in [0.25, 0.3) is 0 Å². The third kappa shape index (κ3) is 4.46. The first kappa shape index (κ1) is 18.5. The first-order valence-electron chi connectivity index (χ1n) is 8.50. The largest absolute Gasteiger partial charge is 0.433 e. The summed E-state index contributed by atoms with van der Waals surface area (Å²) in [5.41, 5.74) is 0.541. The van der Waals surface area contributed by atoms with Crippen LogP contribution in [0.4, 0.5) is 19.1 Å². The summed E-state index contributed by atoms with van der Waals surface area (Å²) in [5, 5.41) is 0. The fraction of sp³-hybridized carbons (Fsp3) is 0.529. The molecule has 3 rings (SSSR count). The highest BCUT2D eigenvalue weighted by Crippen LogP contribution is 2.30. The predicted octanol–water partition coefficient (Wildman–Crippen LogP) is 2.73. The van der Waals surface area contributed by atoms with E-state index in [1.807, 2.05) is 18.7 Å². The highest BCUT2D eigenvalue weighted by atomic mass is 19.4. The number of hydrogen-bond donors (Lipinski definition) is 0. The van der Waals surface area contributed by atoms with Crippen LogP contribution in [0.3, 0.4) is 0 Å². The van der Waals surface area contributed by atoms with Crippen molar-refractivity contribution in [2.24, 2.45) is 0 Å². The molecule has 6 nitrogen and oxygen atoms in total. The molecule has 0 unspecified atom stereocenters. The fourth-order valence-electron chi connectivity index (χ4n) is 2.81. The van der Waals surface area contributed by atoms with Crippen LogP contribution in [0.1, 0.15) is 36.7 Å². The van der Waals surface area contributed by atoms with E-state index in [-0.39, 0.29) is 11.9 Å². The Hall–Kier alpha value is -2.29. The van der Waals surface area contributed by atoms with E-state index in [1.54, 1.807) is 12.4 Å². The number of alkyl halides is 3. The average molecular weight is 366 g/mol. The molecule has 26 heavy (non-hydrogen) atoms. The van der Waals surface area contributed by atoms with E-state index >= 15 is 0 Å². The van der Waals surface area contributed by atoms with Crippen molar-refractivity contribution in [2.45, 2.75) is 32.5 Å². The van der Waals surface area contributed by atoms with Gasteiger partial charge in [-0.25, -0.2) is 19.9 Å². The molecule has 9 heteroatoms. The predicted molar refractivity (Wildman–Crippen MR) is 90.6 cm³/mol. The number of halogens is 3. The van der Waals surface area contributed by atoms with Gasteiger partial charge < -0.3 is 4.90 Å². The first-order chi connectivity index (χ1) is 12.3. The molecule has 0 N–H and O–H groups in total. The average Bonchev–Trinajstić information content (AvgIpc) is 2.62. The number of rotatable bonds is 4. The van der Waals surface area contributed by atoms with Crippen molar-refractivity contribution in [3.8, 4) is 0 Å². The zero-order valence-corrected chi connectivity index (χ0v) is 14.7. The van der Waals surface area contributed by atoms with Crippen molar-refractivity contribution in [1.29, 1.82) is 0 Å². The minimum atomic E-state index is -4.48. The molecular formula is C17H21F3N6. The van der Waals surface area contributed by atoms with Crippen LogP contribution in [0, 0.1) is 0 Å². The summed E-state index contributed by atoms with van der Waals surface area (Å²) in [7, 11) is 0. The van der Waals surface area contributed by atoms with E-state index in [0.29, 0.717) is 31.9 Å². The normalized spacial score (nSPS) is 16.3. The van der Waals surface area contributed by atoms with E-state index in [0.717, 1.165) is 18.2 Å². The van der Waals surface area contributed by atoms with Crippen LogP contribution < -0.4 is 4.90 Å². The van der Waals surface area contributed by atoms with Crippen molar-refractivity contribution in [1.82, 2.24) is 24.8 Å². The number of hydrogen-bond acceptors (Lipinski definition) is 6. The molecule has 0 bridgehead atoms. The Kier molecular flexibility index (Phi) is 5.36. The molecular weight excluding hydrogens is 345 g/mol. The quantitative estimate of drug-likeness (QED) is 0.829. The maximum atomic E-state index is 13.2. The Labute approximate surface area is 150 Å². The van der Waals surface area contributed by atoms with Gasteiger partial charge in [0.2, 0.25) is 5.95 Å². The van der Waals surface area contributed by atoms with Crippen molar-refractivity contribution in [2.75, 3.05) is 31.1 Å². The van der Waals surface area contributed by atoms with Crippen molar-refractivity contribution < 1.29 is 13.2 Å². The van der Waals surface area contributed by atoms with Gasteiger partial charge in [-0.3, -0.25) is 4.90 Å². The molecule has 2 aromatic heterocycles. The lowest BCUT2D eigenvalue weighted by Crippen LogP contribution is -2.46. The van der Waals surface area contributed by atoms with Crippen LogP contribution in [-0.2, 0) is 12.7 Å². The molecule has 0 aromatic carbocycles. The summed E-state index contributed by atoms with van der Waals surface area (Å²) in [5.74, 6) is 0.0587. The van der Waals surface area contributed by atoms with Gasteiger partial charge in [0.05, 0.1) is 0 Å². The third-order valence-electron chi connectivity index (χ3n) is 4.29. The first-order valence-corrected chi connectivity index (χ1v) is 8.50. The van der Waals surface area contributed by atoms with Gasteiger partial charge in [0, 0.05) is 56.4 Å². The maximum Gasteiger partial charge on any atom is 0.433 e. The molecule has 1 aliphatic heterocycles. The second-order valence-corrected chi connectivity index (χ2v) is 6.64. The Morgan fingerprint density at radius 3 is 2.27 bits per heavy atom. The summed E-state index contributed by atoms with van der Waals surface area (Å²) in [6.45, 7) is 6.95. The zero-order chi connectivity index (χ0) is 18.7. The van der Waals surface area contributed by atoms with E-state index in [2.05, 4.69) is 24.8 Å². The molecule has 0 atom stereocenters. The highest BCUT2D eigenvalue weighted by Gasteiger charge is 2.34. The summed E-state index contributed by atoms with van der Waals surface area (Å²) < 4.78 is 39.5. The molecule has 0 amide bonds. The summed E-state index contributed by atoms with van der Waals surface area (Å²) in [4.78, 5) is 20.2. The second kappa shape index (κ2) is 7.53. The van der Waals surface area contributed by atoms with Gasteiger partial charge in [0.1, 0.15) is 12.0 Å². The summed E-state index contributed by atoms with van der Waals surface area (Å²) in [6.07, 6.45) is 0.545. The van der Waals surface area contributed by atoms with Gasteiger partial charge in [0.25, 0.3) is 0 Å². The monoisotopic (exact) mass is 366 g/mol. The van der Waals surface area contributed by atoms with Gasteiger partial charge in [0.15, 0.2) is 0 Å². The van der Waals surface area contributed by atoms with Gasteiger partial charge >= 0.3 is 6.18 Å². The number of aromatic nitrogens is 4. The van der Waals surface area contributed by atoms with Gasteiger partial charge in [-0.1, -0.05) is 13.8 Å². The molecule has 0 radical (unpaired) electrons. The van der Waals surface area contributed by atoms with Crippen LogP contribution in [0.5, 0.6) is 0 Å². The number of anilines is 1.